The van der Waals surface area contributed by atoms with Gasteiger partial charge < -0.3 is 14.3 Å². The van der Waals surface area contributed by atoms with Gasteiger partial charge in [-0.15, -0.1) is 0 Å². The Morgan fingerprint density at radius 2 is 1.77 bits per heavy atom. The second kappa shape index (κ2) is 6.85. The van der Waals surface area contributed by atoms with Crippen LogP contribution in [0.5, 0.6) is 5.75 Å². The lowest BCUT2D eigenvalue weighted by Gasteiger charge is -2.47. The van der Waals surface area contributed by atoms with E-state index < -0.39 is 6.10 Å². The summed E-state index contributed by atoms with van der Waals surface area (Å²) < 4.78 is 12.5. The fourth-order valence-corrected chi connectivity index (χ4v) is 6.17. The fourth-order valence-electron chi connectivity index (χ4n) is 6.17. The summed E-state index contributed by atoms with van der Waals surface area (Å²) in [6.45, 7) is 8.94. The first-order valence-corrected chi connectivity index (χ1v) is 11.7. The molecular formula is C26H34O4. The Morgan fingerprint density at radius 3 is 2.43 bits per heavy atom. The van der Waals surface area contributed by atoms with Gasteiger partial charge in [-0.05, 0) is 81.3 Å². The molecule has 2 aliphatic carbocycles. The molecule has 1 spiro atoms. The second-order valence-electron chi connectivity index (χ2n) is 11.0. The summed E-state index contributed by atoms with van der Waals surface area (Å²) in [5.74, 6) is 1.43. The van der Waals surface area contributed by atoms with Crippen molar-refractivity contribution in [2.24, 2.45) is 11.3 Å². The van der Waals surface area contributed by atoms with Crippen LogP contribution in [0.3, 0.4) is 0 Å². The molecule has 5 rings (SSSR count). The molecule has 4 heteroatoms. The van der Waals surface area contributed by atoms with E-state index in [1.165, 1.54) is 0 Å². The van der Waals surface area contributed by atoms with Gasteiger partial charge in [0.25, 0.3) is 0 Å². The molecule has 2 heterocycles. The molecule has 1 aliphatic heterocycles. The number of ether oxygens (including phenoxy) is 1. The standard InChI is InChI=1S/C26H34O4/c1-15-22-19(17-7-5-6-8-18(17)24(28)29-22)13-20-21(27)14-26(30-23(15)20)11-9-16(10-12-26)25(2,3)4/h13,16,21,27H,5-12,14H2,1-4H3/t16?,21-,26?/m1/s1. The van der Waals surface area contributed by atoms with Crippen LogP contribution in [0.25, 0.3) is 11.0 Å². The first-order valence-electron chi connectivity index (χ1n) is 11.7. The zero-order valence-electron chi connectivity index (χ0n) is 18.8. The highest BCUT2D eigenvalue weighted by molar-refractivity contribution is 5.87. The third-order valence-electron chi connectivity index (χ3n) is 8.09. The zero-order chi connectivity index (χ0) is 21.3. The lowest BCUT2D eigenvalue weighted by Crippen LogP contribution is -2.45. The highest BCUT2D eigenvalue weighted by atomic mass is 16.5. The molecule has 2 aromatic rings. The molecule has 1 fully saturated rings. The average molecular weight is 411 g/mol. The quantitative estimate of drug-likeness (QED) is 0.560. The van der Waals surface area contributed by atoms with Crippen molar-refractivity contribution in [1.29, 1.82) is 0 Å². The van der Waals surface area contributed by atoms with Crippen molar-refractivity contribution < 1.29 is 14.3 Å². The molecule has 0 saturated heterocycles. The van der Waals surface area contributed by atoms with Crippen molar-refractivity contribution in [3.05, 3.63) is 38.7 Å². The Bertz CT molecular complexity index is 1050. The van der Waals surface area contributed by atoms with Gasteiger partial charge in [0.15, 0.2) is 0 Å². The number of aryl methyl sites for hydroxylation is 2. The second-order valence-corrected chi connectivity index (χ2v) is 11.0. The zero-order valence-corrected chi connectivity index (χ0v) is 18.8. The van der Waals surface area contributed by atoms with E-state index >= 15 is 0 Å². The lowest BCUT2D eigenvalue weighted by atomic mass is 9.66. The summed E-state index contributed by atoms with van der Waals surface area (Å²) in [4.78, 5) is 12.6. The van der Waals surface area contributed by atoms with Gasteiger partial charge in [-0.25, -0.2) is 4.79 Å². The number of benzene rings is 1. The number of hydrogen-bond acceptors (Lipinski definition) is 4. The molecule has 3 aliphatic rings. The predicted octanol–water partition coefficient (Wildman–Crippen LogP) is 5.77. The van der Waals surface area contributed by atoms with Crippen LogP contribution in [0.2, 0.25) is 0 Å². The van der Waals surface area contributed by atoms with Gasteiger partial charge in [0.2, 0.25) is 0 Å². The van der Waals surface area contributed by atoms with E-state index in [-0.39, 0.29) is 11.2 Å². The molecule has 0 radical (unpaired) electrons. The van der Waals surface area contributed by atoms with Gasteiger partial charge >= 0.3 is 5.63 Å². The maximum Gasteiger partial charge on any atom is 0.339 e. The van der Waals surface area contributed by atoms with E-state index in [0.29, 0.717) is 23.3 Å². The van der Waals surface area contributed by atoms with Gasteiger partial charge in [0.1, 0.15) is 16.9 Å². The fraction of sp³-hybridized carbons (Fsp3) is 0.654. The third kappa shape index (κ3) is 3.10. The van der Waals surface area contributed by atoms with Crippen molar-refractivity contribution in [1.82, 2.24) is 0 Å². The van der Waals surface area contributed by atoms with Crippen LogP contribution in [0.1, 0.15) is 94.1 Å². The van der Waals surface area contributed by atoms with Crippen molar-refractivity contribution >= 4 is 11.0 Å². The summed E-state index contributed by atoms with van der Waals surface area (Å²) in [5.41, 5.74) is 4.13. The van der Waals surface area contributed by atoms with E-state index in [1.54, 1.807) is 0 Å². The Hall–Kier alpha value is -1.81. The Balaban J connectivity index is 1.57. The average Bonchev–Trinajstić information content (AvgIpc) is 2.70. The van der Waals surface area contributed by atoms with E-state index in [0.717, 1.165) is 84.8 Å². The monoisotopic (exact) mass is 410 g/mol. The minimum Gasteiger partial charge on any atom is -0.486 e. The van der Waals surface area contributed by atoms with Gasteiger partial charge in [0, 0.05) is 28.5 Å². The molecule has 30 heavy (non-hydrogen) atoms. The summed E-state index contributed by atoms with van der Waals surface area (Å²) in [5, 5.41) is 12.2. The molecule has 1 saturated carbocycles. The summed E-state index contributed by atoms with van der Waals surface area (Å²) in [6, 6.07) is 2.04. The van der Waals surface area contributed by atoms with Crippen LogP contribution in [0.4, 0.5) is 0 Å². The normalized spacial score (nSPS) is 28.8. The highest BCUT2D eigenvalue weighted by Gasteiger charge is 2.45. The SMILES string of the molecule is Cc1c2c(cc3c4c(c(=O)oc13)CCCC4)[C@H](O)CC1(CCC(C(C)(C)C)CC1)O2. The third-order valence-corrected chi connectivity index (χ3v) is 8.09. The molecule has 0 unspecified atom stereocenters. The summed E-state index contributed by atoms with van der Waals surface area (Å²) in [6.07, 6.45) is 8.15. The van der Waals surface area contributed by atoms with Gasteiger partial charge in [0.05, 0.1) is 6.10 Å². The number of rotatable bonds is 0. The van der Waals surface area contributed by atoms with Gasteiger partial charge in [-0.2, -0.15) is 0 Å². The smallest absolute Gasteiger partial charge is 0.339 e. The van der Waals surface area contributed by atoms with E-state index in [2.05, 4.69) is 20.8 Å². The minimum absolute atomic E-state index is 0.197. The molecule has 1 N–H and O–H groups in total. The highest BCUT2D eigenvalue weighted by Crippen LogP contribution is 2.52. The topological polar surface area (TPSA) is 59.7 Å². The number of aliphatic hydroxyl groups is 1. The first-order chi connectivity index (χ1) is 14.2. The van der Waals surface area contributed by atoms with E-state index in [4.69, 9.17) is 9.15 Å². The lowest BCUT2D eigenvalue weighted by molar-refractivity contribution is -0.0567. The maximum atomic E-state index is 12.6. The maximum absolute atomic E-state index is 12.6. The van der Waals surface area contributed by atoms with Crippen LogP contribution >= 0.6 is 0 Å². The van der Waals surface area contributed by atoms with Crippen molar-refractivity contribution in [3.8, 4) is 5.75 Å². The van der Waals surface area contributed by atoms with Gasteiger partial charge in [-0.3, -0.25) is 0 Å². The molecule has 162 valence electrons. The molecular weight excluding hydrogens is 376 g/mol. The molecule has 0 amide bonds. The Labute approximate surface area is 178 Å². The molecule has 0 bridgehead atoms. The summed E-state index contributed by atoms with van der Waals surface area (Å²) in [7, 11) is 0. The van der Waals surface area contributed by atoms with Crippen LogP contribution in [-0.4, -0.2) is 10.7 Å². The molecule has 4 nitrogen and oxygen atoms in total. The van der Waals surface area contributed by atoms with Crippen LogP contribution in [0.15, 0.2) is 15.3 Å². The van der Waals surface area contributed by atoms with Crippen molar-refractivity contribution in [2.45, 2.75) is 97.2 Å². The van der Waals surface area contributed by atoms with Crippen molar-refractivity contribution in [2.75, 3.05) is 0 Å². The minimum atomic E-state index is -0.533. The number of aliphatic hydroxyl groups excluding tert-OH is 1. The van der Waals surface area contributed by atoms with Gasteiger partial charge in [-0.1, -0.05) is 20.8 Å². The van der Waals surface area contributed by atoms with Crippen LogP contribution in [0, 0.1) is 18.3 Å². The molecule has 1 aromatic carbocycles. The first kappa shape index (κ1) is 20.1. The number of hydrogen-bond donors (Lipinski definition) is 1. The Morgan fingerprint density at radius 1 is 1.10 bits per heavy atom. The van der Waals surface area contributed by atoms with Crippen LogP contribution in [-0.2, 0) is 12.8 Å². The summed E-state index contributed by atoms with van der Waals surface area (Å²) >= 11 is 0. The van der Waals surface area contributed by atoms with Crippen LogP contribution < -0.4 is 10.4 Å². The van der Waals surface area contributed by atoms with E-state index in [1.807, 2.05) is 13.0 Å². The molecule has 1 atom stereocenters. The number of fused-ring (bicyclic) bond motifs is 4. The largest absolute Gasteiger partial charge is 0.486 e. The molecule has 1 aromatic heterocycles. The predicted molar refractivity (Wildman–Crippen MR) is 118 cm³/mol. The Kier molecular flexibility index (Phi) is 4.59. The van der Waals surface area contributed by atoms with Crippen molar-refractivity contribution in [3.63, 3.8) is 0 Å². The van der Waals surface area contributed by atoms with E-state index in [9.17, 15) is 9.90 Å².